The summed E-state index contributed by atoms with van der Waals surface area (Å²) in [7, 11) is 3.12. The fourth-order valence-electron chi connectivity index (χ4n) is 2.69. The average molecular weight is 330 g/mol. The van der Waals surface area contributed by atoms with E-state index in [2.05, 4.69) is 22.1 Å². The van der Waals surface area contributed by atoms with Gasteiger partial charge in [-0.05, 0) is 38.1 Å². The van der Waals surface area contributed by atoms with Crippen molar-refractivity contribution >= 4 is 5.91 Å². The normalized spacial score (nSPS) is 14.9. The molecule has 0 spiro atoms. The molecule has 1 heterocycles. The maximum atomic E-state index is 12.2. The second kappa shape index (κ2) is 9.84. The van der Waals surface area contributed by atoms with Crippen LogP contribution in [0.5, 0.6) is 11.5 Å². The van der Waals surface area contributed by atoms with Gasteiger partial charge in [-0.2, -0.15) is 0 Å². The van der Waals surface area contributed by atoms with Crippen molar-refractivity contribution < 1.29 is 14.3 Å². The van der Waals surface area contributed by atoms with E-state index >= 15 is 0 Å². The molecule has 0 saturated carbocycles. The molecule has 5 heteroatoms. The Morgan fingerprint density at radius 2 is 1.67 bits per heavy atom. The number of carbonyl (C=O) groups excluding carboxylic acids is 1. The minimum atomic E-state index is -0.184. The van der Waals surface area contributed by atoms with Gasteiger partial charge in [-0.1, -0.05) is 24.7 Å². The van der Waals surface area contributed by atoms with Crippen LogP contribution in [0.2, 0.25) is 0 Å². The number of ether oxygens (including phenoxy) is 2. The van der Waals surface area contributed by atoms with E-state index in [0.29, 0.717) is 23.6 Å². The van der Waals surface area contributed by atoms with E-state index in [4.69, 9.17) is 9.47 Å². The van der Waals surface area contributed by atoms with Gasteiger partial charge in [-0.3, -0.25) is 9.69 Å². The fraction of sp³-hybridized carbons (Fsp3) is 0.526. The molecule has 1 fully saturated rings. The number of carbonyl (C=O) groups is 1. The topological polar surface area (TPSA) is 50.8 Å². The summed E-state index contributed by atoms with van der Waals surface area (Å²) < 4.78 is 10.3. The smallest absolute Gasteiger partial charge is 0.252 e. The highest BCUT2D eigenvalue weighted by Crippen LogP contribution is 2.22. The van der Waals surface area contributed by atoms with Crippen molar-refractivity contribution in [2.75, 3.05) is 40.4 Å². The molecular formula is C19H26N2O3. The standard InChI is InChI=1S/C19H26N2O3/c1-23-17-13-16(14-18(15-17)24-2)19(22)20-9-5-8-12-21-10-6-3-4-7-11-21/h13-15H,3-4,6-7,9-12H2,1-2H3,(H,20,22). The first-order valence-corrected chi connectivity index (χ1v) is 8.42. The monoisotopic (exact) mass is 330 g/mol. The molecule has 0 aromatic heterocycles. The second-order valence-corrected chi connectivity index (χ2v) is 5.83. The number of methoxy groups -OCH3 is 2. The first kappa shape index (κ1) is 18.2. The van der Waals surface area contributed by atoms with Gasteiger partial charge in [0, 0.05) is 11.6 Å². The Morgan fingerprint density at radius 1 is 1.04 bits per heavy atom. The van der Waals surface area contributed by atoms with E-state index in [1.165, 1.54) is 25.7 Å². The molecule has 1 amide bonds. The van der Waals surface area contributed by atoms with Crippen molar-refractivity contribution in [1.29, 1.82) is 0 Å². The molecule has 5 nitrogen and oxygen atoms in total. The molecule has 24 heavy (non-hydrogen) atoms. The van der Waals surface area contributed by atoms with Crippen LogP contribution in [0.4, 0.5) is 0 Å². The average Bonchev–Trinajstić information content (AvgIpc) is 2.89. The van der Waals surface area contributed by atoms with Crippen LogP contribution in [0.1, 0.15) is 36.0 Å². The van der Waals surface area contributed by atoms with E-state index in [9.17, 15) is 4.79 Å². The second-order valence-electron chi connectivity index (χ2n) is 5.83. The summed E-state index contributed by atoms with van der Waals surface area (Å²) >= 11 is 0. The zero-order chi connectivity index (χ0) is 17.2. The van der Waals surface area contributed by atoms with Gasteiger partial charge in [0.15, 0.2) is 0 Å². The SMILES string of the molecule is COc1cc(OC)cc(C(=O)NCC#CCN2CCCCCC2)c1. The molecule has 0 unspecified atom stereocenters. The number of hydrogen-bond donors (Lipinski definition) is 1. The van der Waals surface area contributed by atoms with Gasteiger partial charge in [-0.15, -0.1) is 0 Å². The molecule has 1 saturated heterocycles. The number of rotatable bonds is 5. The highest BCUT2D eigenvalue weighted by Gasteiger charge is 2.09. The Labute approximate surface area is 144 Å². The molecule has 0 aliphatic carbocycles. The van der Waals surface area contributed by atoms with Crippen LogP contribution in [0.15, 0.2) is 18.2 Å². The van der Waals surface area contributed by atoms with Crippen molar-refractivity contribution in [1.82, 2.24) is 10.2 Å². The number of amides is 1. The maximum Gasteiger partial charge on any atom is 0.252 e. The summed E-state index contributed by atoms with van der Waals surface area (Å²) in [4.78, 5) is 14.6. The van der Waals surface area contributed by atoms with Gasteiger partial charge in [0.25, 0.3) is 5.91 Å². The van der Waals surface area contributed by atoms with E-state index in [0.717, 1.165) is 19.6 Å². The van der Waals surface area contributed by atoms with Gasteiger partial charge in [0.1, 0.15) is 11.5 Å². The third-order valence-corrected chi connectivity index (χ3v) is 4.08. The molecule has 0 atom stereocenters. The predicted molar refractivity (Wildman–Crippen MR) is 94.6 cm³/mol. The summed E-state index contributed by atoms with van der Waals surface area (Å²) in [6.45, 7) is 3.38. The zero-order valence-corrected chi connectivity index (χ0v) is 14.6. The van der Waals surface area contributed by atoms with Crippen molar-refractivity contribution in [2.24, 2.45) is 0 Å². The quantitative estimate of drug-likeness (QED) is 0.842. The van der Waals surface area contributed by atoms with Gasteiger partial charge in [-0.25, -0.2) is 0 Å². The predicted octanol–water partition coefficient (Wildman–Crippen LogP) is 2.31. The zero-order valence-electron chi connectivity index (χ0n) is 14.6. The van der Waals surface area contributed by atoms with Gasteiger partial charge < -0.3 is 14.8 Å². The first-order valence-electron chi connectivity index (χ1n) is 8.42. The van der Waals surface area contributed by atoms with Crippen molar-refractivity contribution in [3.63, 3.8) is 0 Å². The number of benzene rings is 1. The molecule has 130 valence electrons. The largest absolute Gasteiger partial charge is 0.497 e. The Morgan fingerprint density at radius 3 is 2.25 bits per heavy atom. The summed E-state index contributed by atoms with van der Waals surface area (Å²) in [5, 5.41) is 2.81. The summed E-state index contributed by atoms with van der Waals surface area (Å²) in [5.74, 6) is 7.17. The van der Waals surface area contributed by atoms with Gasteiger partial charge in [0.2, 0.25) is 0 Å². The van der Waals surface area contributed by atoms with Crippen LogP contribution in [0.3, 0.4) is 0 Å². The Kier molecular flexibility index (Phi) is 7.44. The van der Waals surface area contributed by atoms with Crippen LogP contribution >= 0.6 is 0 Å². The third-order valence-electron chi connectivity index (χ3n) is 4.08. The third kappa shape index (κ3) is 5.78. The molecule has 2 rings (SSSR count). The van der Waals surface area contributed by atoms with E-state index in [1.807, 2.05) is 0 Å². The lowest BCUT2D eigenvalue weighted by Gasteiger charge is -2.15. The van der Waals surface area contributed by atoms with Crippen molar-refractivity contribution in [3.05, 3.63) is 23.8 Å². The van der Waals surface area contributed by atoms with Crippen LogP contribution in [0, 0.1) is 11.8 Å². The maximum absolute atomic E-state index is 12.2. The van der Waals surface area contributed by atoms with E-state index < -0.39 is 0 Å². The lowest BCUT2D eigenvalue weighted by atomic mass is 10.2. The van der Waals surface area contributed by atoms with Crippen molar-refractivity contribution in [2.45, 2.75) is 25.7 Å². The van der Waals surface area contributed by atoms with E-state index in [1.54, 1.807) is 32.4 Å². The van der Waals surface area contributed by atoms with Crippen LogP contribution < -0.4 is 14.8 Å². The molecule has 1 aromatic rings. The van der Waals surface area contributed by atoms with Crippen LogP contribution in [0.25, 0.3) is 0 Å². The minimum Gasteiger partial charge on any atom is -0.497 e. The Bertz CT molecular complexity index is 574. The lowest BCUT2D eigenvalue weighted by Crippen LogP contribution is -2.26. The highest BCUT2D eigenvalue weighted by molar-refractivity contribution is 5.95. The molecule has 1 aliphatic heterocycles. The van der Waals surface area contributed by atoms with Crippen LogP contribution in [-0.2, 0) is 0 Å². The number of likely N-dealkylation sites (tertiary alicyclic amines) is 1. The van der Waals surface area contributed by atoms with E-state index in [-0.39, 0.29) is 5.91 Å². The number of nitrogens with one attached hydrogen (secondary N) is 1. The Balaban J connectivity index is 1.82. The first-order chi connectivity index (χ1) is 11.7. The van der Waals surface area contributed by atoms with Crippen molar-refractivity contribution in [3.8, 4) is 23.3 Å². The molecule has 0 radical (unpaired) electrons. The lowest BCUT2D eigenvalue weighted by molar-refractivity contribution is 0.0958. The fourth-order valence-corrected chi connectivity index (χ4v) is 2.69. The Hall–Kier alpha value is -2.19. The summed E-state index contributed by atoms with van der Waals surface area (Å²) in [6.07, 6.45) is 5.17. The molecule has 0 bridgehead atoms. The molecule has 1 aromatic carbocycles. The molecule has 1 aliphatic rings. The number of hydrogen-bond acceptors (Lipinski definition) is 4. The summed E-state index contributed by atoms with van der Waals surface area (Å²) in [5.41, 5.74) is 0.500. The molecular weight excluding hydrogens is 304 g/mol. The minimum absolute atomic E-state index is 0.184. The number of nitrogens with zero attached hydrogens (tertiary/aromatic N) is 1. The molecule has 1 N–H and O–H groups in total. The highest BCUT2D eigenvalue weighted by atomic mass is 16.5. The van der Waals surface area contributed by atoms with Gasteiger partial charge >= 0.3 is 0 Å². The van der Waals surface area contributed by atoms with Gasteiger partial charge in [0.05, 0.1) is 27.3 Å². The van der Waals surface area contributed by atoms with Crippen LogP contribution in [-0.4, -0.2) is 51.2 Å². The summed E-state index contributed by atoms with van der Waals surface area (Å²) in [6, 6.07) is 5.10.